The predicted octanol–water partition coefficient (Wildman–Crippen LogP) is 1.83. The molecule has 1 aromatic rings. The molecule has 0 amide bonds. The Morgan fingerprint density at radius 2 is 1.53 bits per heavy atom. The van der Waals surface area contributed by atoms with Gasteiger partial charge in [0.2, 0.25) is 9.84 Å². The number of Topliss-reactive ketones (excluding diaryl/α,β-unsaturated/α-hetero) is 1. The Morgan fingerprint density at radius 3 is 2.11 bits per heavy atom. The van der Waals surface area contributed by atoms with Crippen molar-refractivity contribution in [1.29, 1.82) is 0 Å². The molecule has 19 heavy (non-hydrogen) atoms. The number of hydrogen-bond acceptors (Lipinski definition) is 4. The number of hydrogen-bond donors (Lipinski definition) is 0. The van der Waals surface area contributed by atoms with Crippen molar-refractivity contribution in [3.05, 3.63) is 52.5 Å². The van der Waals surface area contributed by atoms with Gasteiger partial charge in [-0.15, -0.1) is 0 Å². The Hall–Kier alpha value is -2.01. The maximum absolute atomic E-state index is 12.4. The van der Waals surface area contributed by atoms with Crippen LogP contribution in [0.15, 0.2) is 57.4 Å². The molecular formula is C14H12O4S. The SMILES string of the molecule is CC1=CC(=O)C(S(=O)(=O)c2ccccc2)=C(C)C1=O. The van der Waals surface area contributed by atoms with Crippen molar-refractivity contribution in [3.8, 4) is 0 Å². The molecule has 5 heteroatoms. The Bertz CT molecular complexity index is 722. The van der Waals surface area contributed by atoms with Crippen LogP contribution in [0.2, 0.25) is 0 Å². The van der Waals surface area contributed by atoms with Crippen LogP contribution in [0.3, 0.4) is 0 Å². The largest absolute Gasteiger partial charge is 0.289 e. The summed E-state index contributed by atoms with van der Waals surface area (Å²) in [5.41, 5.74) is 0.239. The van der Waals surface area contributed by atoms with Crippen LogP contribution < -0.4 is 0 Å². The highest BCUT2D eigenvalue weighted by molar-refractivity contribution is 7.96. The van der Waals surface area contributed by atoms with E-state index in [1.54, 1.807) is 18.2 Å². The number of sulfone groups is 1. The topological polar surface area (TPSA) is 68.3 Å². The van der Waals surface area contributed by atoms with E-state index in [0.717, 1.165) is 6.08 Å². The summed E-state index contributed by atoms with van der Waals surface area (Å²) < 4.78 is 24.8. The highest BCUT2D eigenvalue weighted by atomic mass is 32.2. The Kier molecular flexibility index (Phi) is 3.24. The normalized spacial score (nSPS) is 16.6. The molecule has 0 radical (unpaired) electrons. The zero-order valence-corrected chi connectivity index (χ0v) is 11.3. The Labute approximate surface area is 111 Å². The van der Waals surface area contributed by atoms with Gasteiger partial charge in [0.15, 0.2) is 11.6 Å². The van der Waals surface area contributed by atoms with E-state index >= 15 is 0 Å². The van der Waals surface area contributed by atoms with E-state index in [4.69, 9.17) is 0 Å². The summed E-state index contributed by atoms with van der Waals surface area (Å²) in [6, 6.07) is 7.62. The van der Waals surface area contributed by atoms with Gasteiger partial charge in [0.1, 0.15) is 4.91 Å². The highest BCUT2D eigenvalue weighted by Gasteiger charge is 2.33. The van der Waals surface area contributed by atoms with E-state index in [0.29, 0.717) is 0 Å². The summed E-state index contributed by atoms with van der Waals surface area (Å²) in [5.74, 6) is -1.05. The molecule has 1 aliphatic rings. The van der Waals surface area contributed by atoms with Crippen LogP contribution >= 0.6 is 0 Å². The minimum Gasteiger partial charge on any atom is -0.289 e. The fourth-order valence-electron chi connectivity index (χ4n) is 1.96. The van der Waals surface area contributed by atoms with Gasteiger partial charge in [0.05, 0.1) is 4.90 Å². The fourth-order valence-corrected chi connectivity index (χ4v) is 3.53. The molecule has 98 valence electrons. The van der Waals surface area contributed by atoms with E-state index in [1.165, 1.54) is 26.0 Å². The summed E-state index contributed by atoms with van der Waals surface area (Å²) in [6.45, 7) is 2.86. The average molecular weight is 276 g/mol. The van der Waals surface area contributed by atoms with Crippen molar-refractivity contribution < 1.29 is 18.0 Å². The lowest BCUT2D eigenvalue weighted by molar-refractivity contribution is -0.115. The molecule has 0 aliphatic heterocycles. The molecule has 1 aromatic carbocycles. The number of allylic oxidation sites excluding steroid dienone is 4. The number of ketones is 2. The number of rotatable bonds is 2. The Balaban J connectivity index is 2.66. The van der Waals surface area contributed by atoms with Crippen LogP contribution in [0, 0.1) is 0 Å². The lowest BCUT2D eigenvalue weighted by atomic mass is 9.98. The van der Waals surface area contributed by atoms with Crippen molar-refractivity contribution in [3.63, 3.8) is 0 Å². The molecule has 0 saturated heterocycles. The van der Waals surface area contributed by atoms with Gasteiger partial charge in [-0.05, 0) is 32.1 Å². The minimum atomic E-state index is -3.95. The third-order valence-corrected chi connectivity index (χ3v) is 4.87. The summed E-state index contributed by atoms with van der Waals surface area (Å²) in [6.07, 6.45) is 1.07. The third-order valence-electron chi connectivity index (χ3n) is 2.93. The van der Waals surface area contributed by atoms with Crippen molar-refractivity contribution in [2.24, 2.45) is 0 Å². The zero-order valence-electron chi connectivity index (χ0n) is 10.5. The molecule has 0 saturated carbocycles. The minimum absolute atomic E-state index is 0.0125. The molecule has 0 unspecified atom stereocenters. The van der Waals surface area contributed by atoms with Crippen LogP contribution in [0.1, 0.15) is 13.8 Å². The third kappa shape index (κ3) is 2.17. The van der Waals surface area contributed by atoms with Gasteiger partial charge in [-0.2, -0.15) is 0 Å². The number of carbonyl (C=O) groups is 2. The monoisotopic (exact) mass is 276 g/mol. The molecule has 4 nitrogen and oxygen atoms in total. The Morgan fingerprint density at radius 1 is 0.947 bits per heavy atom. The van der Waals surface area contributed by atoms with Crippen molar-refractivity contribution in [1.82, 2.24) is 0 Å². The number of carbonyl (C=O) groups excluding carboxylic acids is 2. The predicted molar refractivity (Wildman–Crippen MR) is 70.1 cm³/mol. The second-order valence-electron chi connectivity index (χ2n) is 4.29. The van der Waals surface area contributed by atoms with Crippen LogP contribution in [0.5, 0.6) is 0 Å². The summed E-state index contributed by atoms with van der Waals surface area (Å²) >= 11 is 0. The molecule has 1 aliphatic carbocycles. The maximum Gasteiger partial charge on any atom is 0.210 e. The van der Waals surface area contributed by atoms with E-state index in [-0.39, 0.29) is 16.0 Å². The molecule has 0 heterocycles. The molecule has 0 aromatic heterocycles. The summed E-state index contributed by atoms with van der Waals surface area (Å²) in [5, 5.41) is 0. The lowest BCUT2D eigenvalue weighted by Gasteiger charge is -2.14. The summed E-state index contributed by atoms with van der Waals surface area (Å²) in [7, 11) is -3.95. The molecule has 0 spiro atoms. The summed E-state index contributed by atoms with van der Waals surface area (Å²) in [4.78, 5) is 23.3. The quantitative estimate of drug-likeness (QED) is 0.773. The van der Waals surface area contributed by atoms with Gasteiger partial charge in [-0.1, -0.05) is 18.2 Å². The zero-order chi connectivity index (χ0) is 14.2. The molecular weight excluding hydrogens is 264 g/mol. The first kappa shape index (κ1) is 13.4. The van der Waals surface area contributed by atoms with Crippen molar-refractivity contribution in [2.75, 3.05) is 0 Å². The van der Waals surface area contributed by atoms with Gasteiger partial charge < -0.3 is 0 Å². The molecule has 2 rings (SSSR count). The van der Waals surface area contributed by atoms with Crippen molar-refractivity contribution >= 4 is 21.4 Å². The fraction of sp³-hybridized carbons (Fsp3) is 0.143. The first-order valence-corrected chi connectivity index (χ1v) is 7.12. The number of benzene rings is 1. The second kappa shape index (κ2) is 4.59. The van der Waals surface area contributed by atoms with Crippen LogP contribution in [0.25, 0.3) is 0 Å². The highest BCUT2D eigenvalue weighted by Crippen LogP contribution is 2.27. The molecule has 0 N–H and O–H groups in total. The van der Waals surface area contributed by atoms with Crippen LogP contribution in [-0.4, -0.2) is 20.0 Å². The van der Waals surface area contributed by atoms with E-state index in [2.05, 4.69) is 0 Å². The van der Waals surface area contributed by atoms with E-state index < -0.39 is 26.3 Å². The maximum atomic E-state index is 12.4. The van der Waals surface area contributed by atoms with Gasteiger partial charge in [0.25, 0.3) is 0 Å². The average Bonchev–Trinajstić information content (AvgIpc) is 2.37. The molecule has 0 fully saturated rings. The van der Waals surface area contributed by atoms with E-state index in [1.807, 2.05) is 0 Å². The van der Waals surface area contributed by atoms with Gasteiger partial charge >= 0.3 is 0 Å². The second-order valence-corrected chi connectivity index (χ2v) is 6.18. The first-order valence-electron chi connectivity index (χ1n) is 5.64. The first-order chi connectivity index (χ1) is 8.85. The van der Waals surface area contributed by atoms with Gasteiger partial charge in [0, 0.05) is 11.1 Å². The van der Waals surface area contributed by atoms with Crippen molar-refractivity contribution in [2.45, 2.75) is 18.7 Å². The molecule has 0 bridgehead atoms. The molecule has 0 atom stereocenters. The van der Waals surface area contributed by atoms with Crippen LogP contribution in [0.4, 0.5) is 0 Å². The van der Waals surface area contributed by atoms with Crippen LogP contribution in [-0.2, 0) is 19.4 Å². The van der Waals surface area contributed by atoms with E-state index in [9.17, 15) is 18.0 Å². The standard InChI is InChI=1S/C14H12O4S/c1-9-8-12(15)14(10(2)13(9)16)19(17,18)11-6-4-3-5-7-11/h3-8H,1-2H3. The smallest absolute Gasteiger partial charge is 0.210 e. The van der Waals surface area contributed by atoms with Gasteiger partial charge in [-0.3, -0.25) is 9.59 Å². The lowest BCUT2D eigenvalue weighted by Crippen LogP contribution is -2.22. The van der Waals surface area contributed by atoms with Gasteiger partial charge in [-0.25, -0.2) is 8.42 Å².